The Morgan fingerprint density at radius 3 is 2.21 bits per heavy atom. The second kappa shape index (κ2) is 12.6. The SMILES string of the molecule is Cc1ccccc1NC(=O)C(c1ccccc1)N(C(=O)C(CCC(N)=O)NC(=O)OC(C)(C)C)C1CCC1. The smallest absolute Gasteiger partial charge is 0.408 e. The highest BCUT2D eigenvalue weighted by Gasteiger charge is 2.42. The van der Waals surface area contributed by atoms with E-state index in [4.69, 9.17) is 10.5 Å². The van der Waals surface area contributed by atoms with Crippen molar-refractivity contribution < 1.29 is 23.9 Å². The molecule has 204 valence electrons. The quantitative estimate of drug-likeness (QED) is 0.430. The minimum absolute atomic E-state index is 0.0163. The molecule has 9 heteroatoms. The van der Waals surface area contributed by atoms with Crippen molar-refractivity contribution >= 4 is 29.5 Å². The zero-order valence-corrected chi connectivity index (χ0v) is 22.5. The number of aryl methyl sites for hydroxylation is 1. The number of ether oxygens (including phenoxy) is 1. The first-order chi connectivity index (χ1) is 18.0. The topological polar surface area (TPSA) is 131 Å². The first-order valence-electron chi connectivity index (χ1n) is 13.0. The summed E-state index contributed by atoms with van der Waals surface area (Å²) < 4.78 is 5.37. The van der Waals surface area contributed by atoms with Gasteiger partial charge in [0, 0.05) is 18.2 Å². The van der Waals surface area contributed by atoms with Crippen molar-refractivity contribution in [3.8, 4) is 0 Å². The number of benzene rings is 2. The summed E-state index contributed by atoms with van der Waals surface area (Å²) in [6.07, 6.45) is 1.45. The maximum Gasteiger partial charge on any atom is 0.408 e. The van der Waals surface area contributed by atoms with Crippen LogP contribution in [-0.4, -0.2) is 46.4 Å². The molecule has 1 fully saturated rings. The Bertz CT molecular complexity index is 1140. The number of anilines is 1. The van der Waals surface area contributed by atoms with Gasteiger partial charge in [0.1, 0.15) is 17.7 Å². The standard InChI is InChI=1S/C29H38N4O5/c1-19-11-8-9-16-22(19)31-26(35)25(20-12-6-5-7-13-20)33(21-14-10-15-21)27(36)23(17-18-24(30)34)32-28(37)38-29(2,3)4/h5-9,11-13,16,21,23,25H,10,14-15,17-18H2,1-4H3,(H2,30,34)(H,31,35)(H,32,37). The van der Waals surface area contributed by atoms with Crippen LogP contribution in [0.15, 0.2) is 54.6 Å². The lowest BCUT2D eigenvalue weighted by Crippen LogP contribution is -2.57. The van der Waals surface area contributed by atoms with Crippen LogP contribution in [0.2, 0.25) is 0 Å². The van der Waals surface area contributed by atoms with Crippen molar-refractivity contribution in [2.45, 2.75) is 83.5 Å². The molecule has 0 bridgehead atoms. The number of amides is 4. The van der Waals surface area contributed by atoms with Gasteiger partial charge in [-0.3, -0.25) is 14.4 Å². The molecule has 2 unspecified atom stereocenters. The molecule has 0 radical (unpaired) electrons. The molecule has 0 heterocycles. The first-order valence-corrected chi connectivity index (χ1v) is 13.0. The van der Waals surface area contributed by atoms with E-state index in [-0.39, 0.29) is 24.8 Å². The zero-order valence-electron chi connectivity index (χ0n) is 22.5. The molecule has 4 amide bonds. The lowest BCUT2D eigenvalue weighted by molar-refractivity contribution is -0.146. The van der Waals surface area contributed by atoms with Gasteiger partial charge in [-0.25, -0.2) is 4.79 Å². The highest BCUT2D eigenvalue weighted by molar-refractivity contribution is 5.99. The third kappa shape index (κ3) is 7.81. The Balaban J connectivity index is 1.99. The van der Waals surface area contributed by atoms with Crippen molar-refractivity contribution in [2.24, 2.45) is 5.73 Å². The number of alkyl carbamates (subject to hydrolysis) is 1. The van der Waals surface area contributed by atoms with Crippen molar-refractivity contribution in [1.29, 1.82) is 0 Å². The number of para-hydroxylation sites is 1. The van der Waals surface area contributed by atoms with E-state index in [1.54, 1.807) is 37.8 Å². The summed E-state index contributed by atoms with van der Waals surface area (Å²) in [4.78, 5) is 53.8. The fraction of sp³-hybridized carbons (Fsp3) is 0.448. The number of nitrogens with two attached hydrogens (primary N) is 1. The summed E-state index contributed by atoms with van der Waals surface area (Å²) in [5, 5.41) is 5.61. The summed E-state index contributed by atoms with van der Waals surface area (Å²) >= 11 is 0. The lowest BCUT2D eigenvalue weighted by Gasteiger charge is -2.43. The highest BCUT2D eigenvalue weighted by atomic mass is 16.6. The van der Waals surface area contributed by atoms with E-state index < -0.39 is 35.6 Å². The molecular weight excluding hydrogens is 484 g/mol. The minimum atomic E-state index is -1.10. The van der Waals surface area contributed by atoms with Crippen LogP contribution in [0.25, 0.3) is 0 Å². The van der Waals surface area contributed by atoms with Crippen LogP contribution >= 0.6 is 0 Å². The van der Waals surface area contributed by atoms with Gasteiger partial charge in [0.15, 0.2) is 0 Å². The predicted octanol–water partition coefficient (Wildman–Crippen LogP) is 4.21. The monoisotopic (exact) mass is 522 g/mol. The van der Waals surface area contributed by atoms with E-state index in [0.717, 1.165) is 24.8 Å². The molecule has 0 saturated heterocycles. The molecule has 3 rings (SSSR count). The van der Waals surface area contributed by atoms with E-state index in [0.29, 0.717) is 11.3 Å². The van der Waals surface area contributed by atoms with Crippen LogP contribution in [0.5, 0.6) is 0 Å². The number of hydrogen-bond donors (Lipinski definition) is 3. The van der Waals surface area contributed by atoms with Gasteiger partial charge in [0.05, 0.1) is 0 Å². The summed E-state index contributed by atoms with van der Waals surface area (Å²) in [6, 6.07) is 14.3. The van der Waals surface area contributed by atoms with Gasteiger partial charge in [-0.15, -0.1) is 0 Å². The second-order valence-electron chi connectivity index (χ2n) is 10.7. The lowest BCUT2D eigenvalue weighted by atomic mass is 9.87. The van der Waals surface area contributed by atoms with Crippen LogP contribution in [0.1, 0.15) is 70.0 Å². The molecule has 9 nitrogen and oxygen atoms in total. The molecule has 38 heavy (non-hydrogen) atoms. The van der Waals surface area contributed by atoms with Crippen LogP contribution < -0.4 is 16.4 Å². The Kier molecular flexibility index (Phi) is 9.50. The Labute approximate surface area is 224 Å². The van der Waals surface area contributed by atoms with Gasteiger partial charge in [0.2, 0.25) is 11.8 Å². The molecule has 0 aromatic heterocycles. The van der Waals surface area contributed by atoms with Crippen molar-refractivity contribution in [1.82, 2.24) is 10.2 Å². The number of hydrogen-bond acceptors (Lipinski definition) is 5. The number of rotatable bonds is 10. The fourth-order valence-corrected chi connectivity index (χ4v) is 4.34. The van der Waals surface area contributed by atoms with Gasteiger partial charge >= 0.3 is 6.09 Å². The number of primary amides is 1. The van der Waals surface area contributed by atoms with Crippen molar-refractivity contribution in [3.05, 3.63) is 65.7 Å². The number of carbonyl (C=O) groups excluding carboxylic acids is 4. The number of nitrogens with one attached hydrogen (secondary N) is 2. The van der Waals surface area contributed by atoms with Crippen LogP contribution in [-0.2, 0) is 19.1 Å². The molecular formula is C29H38N4O5. The third-order valence-corrected chi connectivity index (χ3v) is 6.44. The van der Waals surface area contributed by atoms with E-state index in [2.05, 4.69) is 10.6 Å². The molecule has 1 aliphatic rings. The molecule has 1 saturated carbocycles. The Morgan fingerprint density at radius 2 is 1.66 bits per heavy atom. The van der Waals surface area contributed by atoms with Gasteiger partial charge in [0.25, 0.3) is 5.91 Å². The number of carbonyl (C=O) groups is 4. The molecule has 0 spiro atoms. The molecule has 1 aliphatic carbocycles. The molecule has 4 N–H and O–H groups in total. The molecule has 2 aromatic carbocycles. The highest BCUT2D eigenvalue weighted by Crippen LogP contribution is 2.34. The van der Waals surface area contributed by atoms with Gasteiger partial charge in [-0.2, -0.15) is 0 Å². The molecule has 2 aromatic rings. The van der Waals surface area contributed by atoms with E-state index in [1.165, 1.54) is 0 Å². The van der Waals surface area contributed by atoms with Gasteiger partial charge in [-0.05, 0) is 70.6 Å². The minimum Gasteiger partial charge on any atom is -0.444 e. The maximum absolute atomic E-state index is 14.2. The second-order valence-corrected chi connectivity index (χ2v) is 10.7. The van der Waals surface area contributed by atoms with Crippen LogP contribution in [0.4, 0.5) is 10.5 Å². The third-order valence-electron chi connectivity index (χ3n) is 6.44. The van der Waals surface area contributed by atoms with Crippen LogP contribution in [0, 0.1) is 6.92 Å². The van der Waals surface area contributed by atoms with E-state index >= 15 is 0 Å². The average Bonchev–Trinajstić information content (AvgIpc) is 2.80. The first kappa shape index (κ1) is 28.7. The summed E-state index contributed by atoms with van der Waals surface area (Å²) in [7, 11) is 0. The number of nitrogens with zero attached hydrogens (tertiary/aromatic N) is 1. The van der Waals surface area contributed by atoms with Gasteiger partial charge in [-0.1, -0.05) is 48.5 Å². The Hall–Kier alpha value is -3.88. The predicted molar refractivity (Wildman–Crippen MR) is 145 cm³/mol. The summed E-state index contributed by atoms with van der Waals surface area (Å²) in [5.74, 6) is -1.42. The largest absolute Gasteiger partial charge is 0.444 e. The summed E-state index contributed by atoms with van der Waals surface area (Å²) in [6.45, 7) is 7.05. The normalized spacial score (nSPS) is 14.9. The average molecular weight is 523 g/mol. The summed E-state index contributed by atoms with van der Waals surface area (Å²) in [5.41, 5.74) is 6.77. The maximum atomic E-state index is 14.2. The van der Waals surface area contributed by atoms with Crippen LogP contribution in [0.3, 0.4) is 0 Å². The van der Waals surface area contributed by atoms with Gasteiger partial charge < -0.3 is 26.0 Å². The zero-order chi connectivity index (χ0) is 27.9. The molecule has 0 aliphatic heterocycles. The van der Waals surface area contributed by atoms with Crippen molar-refractivity contribution in [2.75, 3.05) is 5.32 Å². The van der Waals surface area contributed by atoms with E-state index in [1.807, 2.05) is 49.4 Å². The van der Waals surface area contributed by atoms with Crippen molar-refractivity contribution in [3.63, 3.8) is 0 Å². The fourth-order valence-electron chi connectivity index (χ4n) is 4.34. The molecule has 2 atom stereocenters. The van der Waals surface area contributed by atoms with E-state index in [9.17, 15) is 19.2 Å². The Morgan fingerprint density at radius 1 is 1.03 bits per heavy atom.